The number of rotatable bonds is 40. The molecular formula is C53H95O23P. The van der Waals surface area contributed by atoms with Crippen LogP contribution in [-0.4, -0.2) is 204 Å². The fraction of sp³-hybridized carbons (Fsp3) is 0.887. The predicted molar refractivity (Wildman–Crippen MR) is 277 cm³/mol. The number of aliphatic hydroxyl groups excluding tert-OH is 11. The van der Waals surface area contributed by atoms with Crippen LogP contribution in [-0.2, 0) is 51.6 Å². The van der Waals surface area contributed by atoms with E-state index in [0.29, 0.717) is 6.42 Å². The van der Waals surface area contributed by atoms with Gasteiger partial charge < -0.3 is 89.5 Å². The van der Waals surface area contributed by atoms with Crippen LogP contribution < -0.4 is 0 Å². The van der Waals surface area contributed by atoms with Crippen LogP contribution in [0.3, 0.4) is 0 Å². The van der Waals surface area contributed by atoms with Crippen molar-refractivity contribution < 1.29 is 113 Å². The normalized spacial score (nSPS) is 32.1. The monoisotopic (exact) mass is 1130 g/mol. The molecule has 3 fully saturated rings. The fourth-order valence-corrected chi connectivity index (χ4v) is 10.3. The SMILES string of the molecule is CCCCCCCCCCCCCC=CC=CC(=O)OCC(COP(=O)(O)OC1C(OC2OC(CO)C(O)C(O)C2O)C(O)C(O)C(O)C1OC1OC(CO)C(O)C(O)C1O)OC(=O)CCCCCCCCCCCCC. The van der Waals surface area contributed by atoms with Crippen molar-refractivity contribution in [3.8, 4) is 0 Å². The first-order valence-electron chi connectivity index (χ1n) is 28.2. The van der Waals surface area contributed by atoms with Crippen molar-refractivity contribution in [2.45, 2.75) is 272 Å². The number of hydrogen-bond donors (Lipinski definition) is 12. The zero-order chi connectivity index (χ0) is 56.8. The van der Waals surface area contributed by atoms with Gasteiger partial charge in [0, 0.05) is 12.5 Å². The van der Waals surface area contributed by atoms with Gasteiger partial charge in [-0.3, -0.25) is 13.8 Å². The first-order valence-corrected chi connectivity index (χ1v) is 29.7. The number of esters is 2. The summed E-state index contributed by atoms with van der Waals surface area (Å²) in [4.78, 5) is 37.2. The van der Waals surface area contributed by atoms with Crippen LogP contribution in [0.1, 0.15) is 168 Å². The molecule has 2 heterocycles. The first-order chi connectivity index (χ1) is 36.9. The maximum absolute atomic E-state index is 14.0. The van der Waals surface area contributed by atoms with E-state index in [1.165, 1.54) is 89.5 Å². The number of unbranched alkanes of at least 4 members (excludes halogenated alkanes) is 21. The summed E-state index contributed by atoms with van der Waals surface area (Å²) in [7, 11) is -5.65. The molecule has 12 N–H and O–H groups in total. The van der Waals surface area contributed by atoms with Crippen LogP contribution in [0.5, 0.6) is 0 Å². The summed E-state index contributed by atoms with van der Waals surface area (Å²) in [5, 5.41) is 116. The molecule has 1 aliphatic carbocycles. The Hall–Kier alpha value is -2.07. The van der Waals surface area contributed by atoms with Crippen molar-refractivity contribution >= 4 is 19.8 Å². The Balaban J connectivity index is 1.75. The smallest absolute Gasteiger partial charge is 0.458 e. The molecule has 3 rings (SSSR count). The van der Waals surface area contributed by atoms with Gasteiger partial charge in [-0.25, -0.2) is 9.36 Å². The minimum atomic E-state index is -5.65. The molecule has 16 atom stereocenters. The Morgan fingerprint density at radius 2 is 0.935 bits per heavy atom. The molecule has 23 nitrogen and oxygen atoms in total. The van der Waals surface area contributed by atoms with Crippen molar-refractivity contribution in [2.75, 3.05) is 26.4 Å². The largest absolute Gasteiger partial charge is 0.472 e. The average molecular weight is 1130 g/mol. The van der Waals surface area contributed by atoms with Crippen LogP contribution in [0.2, 0.25) is 0 Å². The molecule has 3 aliphatic rings. The third kappa shape index (κ3) is 24.9. The Bertz CT molecular complexity index is 1640. The van der Waals surface area contributed by atoms with E-state index in [2.05, 4.69) is 13.8 Å². The number of phosphoric acid groups is 1. The Morgan fingerprint density at radius 3 is 1.38 bits per heavy atom. The molecule has 0 spiro atoms. The zero-order valence-corrected chi connectivity index (χ0v) is 46.1. The summed E-state index contributed by atoms with van der Waals surface area (Å²) >= 11 is 0. The number of carbonyl (C=O) groups excluding carboxylic acids is 2. The Labute approximate surface area is 454 Å². The quantitative estimate of drug-likeness (QED) is 0.0138. The lowest BCUT2D eigenvalue weighted by atomic mass is 9.84. The molecule has 0 aromatic carbocycles. The number of hydrogen-bond acceptors (Lipinski definition) is 22. The van der Waals surface area contributed by atoms with Crippen molar-refractivity contribution in [2.24, 2.45) is 0 Å². The van der Waals surface area contributed by atoms with Gasteiger partial charge in [-0.1, -0.05) is 160 Å². The second-order valence-corrected chi connectivity index (χ2v) is 21.9. The van der Waals surface area contributed by atoms with E-state index in [4.69, 9.17) is 37.5 Å². The van der Waals surface area contributed by atoms with Crippen LogP contribution in [0.4, 0.5) is 0 Å². The van der Waals surface area contributed by atoms with Gasteiger partial charge >= 0.3 is 19.8 Å². The molecule has 0 radical (unpaired) electrons. The number of carbonyl (C=O) groups is 2. The summed E-state index contributed by atoms with van der Waals surface area (Å²) in [6, 6.07) is 0. The van der Waals surface area contributed by atoms with E-state index in [1.807, 2.05) is 6.08 Å². The molecule has 2 saturated heterocycles. The maximum atomic E-state index is 14.0. The van der Waals surface area contributed by atoms with Gasteiger partial charge in [0.15, 0.2) is 18.7 Å². The molecule has 0 amide bonds. The first kappa shape index (κ1) is 69.2. The molecule has 0 aromatic rings. The van der Waals surface area contributed by atoms with E-state index in [1.54, 1.807) is 6.08 Å². The van der Waals surface area contributed by atoms with Crippen LogP contribution in [0.25, 0.3) is 0 Å². The van der Waals surface area contributed by atoms with E-state index >= 15 is 0 Å². The second kappa shape index (κ2) is 38.6. The van der Waals surface area contributed by atoms with Gasteiger partial charge in [-0.2, -0.15) is 0 Å². The molecule has 0 bridgehead atoms. The highest BCUT2D eigenvalue weighted by molar-refractivity contribution is 7.47. The van der Waals surface area contributed by atoms with Crippen LogP contribution in [0, 0.1) is 0 Å². The second-order valence-electron chi connectivity index (χ2n) is 20.5. The van der Waals surface area contributed by atoms with Crippen molar-refractivity contribution in [1.82, 2.24) is 0 Å². The van der Waals surface area contributed by atoms with Gasteiger partial charge in [0.2, 0.25) is 0 Å². The van der Waals surface area contributed by atoms with Gasteiger partial charge in [0.25, 0.3) is 0 Å². The van der Waals surface area contributed by atoms with Gasteiger partial charge in [0.1, 0.15) is 92.1 Å². The molecule has 450 valence electrons. The number of aliphatic hydroxyl groups is 11. The van der Waals surface area contributed by atoms with Gasteiger partial charge in [0.05, 0.1) is 19.8 Å². The van der Waals surface area contributed by atoms with Crippen LogP contribution in [0.15, 0.2) is 24.3 Å². The van der Waals surface area contributed by atoms with E-state index in [-0.39, 0.29) is 6.42 Å². The lowest BCUT2D eigenvalue weighted by Gasteiger charge is -2.49. The zero-order valence-electron chi connectivity index (χ0n) is 45.2. The number of phosphoric ester groups is 1. The molecular weight excluding hydrogens is 1040 g/mol. The highest BCUT2D eigenvalue weighted by Gasteiger charge is 2.58. The van der Waals surface area contributed by atoms with Gasteiger partial charge in [-0.15, -0.1) is 0 Å². The highest BCUT2D eigenvalue weighted by Crippen LogP contribution is 2.49. The van der Waals surface area contributed by atoms with E-state index < -0.39 is 150 Å². The summed E-state index contributed by atoms with van der Waals surface area (Å²) in [5.41, 5.74) is 0. The molecule has 77 heavy (non-hydrogen) atoms. The molecule has 1 saturated carbocycles. The summed E-state index contributed by atoms with van der Waals surface area (Å²) in [6.45, 7) is 0.861. The molecule has 24 heteroatoms. The van der Waals surface area contributed by atoms with Gasteiger partial charge in [-0.05, 0) is 19.3 Å². The van der Waals surface area contributed by atoms with E-state index in [9.17, 15) is 75.2 Å². The highest BCUT2D eigenvalue weighted by atomic mass is 31.2. The lowest BCUT2D eigenvalue weighted by molar-refractivity contribution is -0.360. The third-order valence-corrected chi connectivity index (χ3v) is 15.1. The average Bonchev–Trinajstić information content (AvgIpc) is 3.41. The fourth-order valence-electron chi connectivity index (χ4n) is 9.39. The van der Waals surface area contributed by atoms with E-state index in [0.717, 1.165) is 63.9 Å². The molecule has 2 aliphatic heterocycles. The lowest BCUT2D eigenvalue weighted by Crippen LogP contribution is -2.69. The number of allylic oxidation sites excluding steroid dienone is 3. The molecule has 16 unspecified atom stereocenters. The maximum Gasteiger partial charge on any atom is 0.472 e. The summed E-state index contributed by atoms with van der Waals surface area (Å²) in [6.07, 6.45) is -3.18. The Morgan fingerprint density at radius 1 is 0.519 bits per heavy atom. The van der Waals surface area contributed by atoms with Crippen molar-refractivity contribution in [3.63, 3.8) is 0 Å². The topological polar surface area (TPSA) is 368 Å². The number of ether oxygens (including phenoxy) is 6. The van der Waals surface area contributed by atoms with Crippen LogP contribution >= 0.6 is 7.82 Å². The Kier molecular flexibility index (Phi) is 34.7. The van der Waals surface area contributed by atoms with Crippen molar-refractivity contribution in [3.05, 3.63) is 24.3 Å². The minimum Gasteiger partial charge on any atom is -0.458 e. The predicted octanol–water partition coefficient (Wildman–Crippen LogP) is 2.92. The standard InChI is InChI=1S/C53H95O23P/c1-3-5-7-9-11-13-15-16-17-18-20-21-23-25-27-29-38(56)69-33-35(71-39(57)30-28-26-24-22-19-14-12-10-8-6-4-2)34-70-77(67,68)76-51-49(74-52-47(65)42(60)40(58)36(31-54)72-52)45(63)44(62)46(64)50(51)75-53-48(66)43(61)41(59)37(32-55)73-53/h23,25,27,29,35-37,40-55,58-66H,3-22,24,26,28,30-34H2,1-2H3,(H,67,68). The minimum absolute atomic E-state index is 0.0489. The summed E-state index contributed by atoms with van der Waals surface area (Å²) in [5.74, 6) is -1.59. The molecule has 0 aromatic heterocycles. The third-order valence-electron chi connectivity index (χ3n) is 14.1. The summed E-state index contributed by atoms with van der Waals surface area (Å²) < 4.78 is 57.8. The van der Waals surface area contributed by atoms with Crippen molar-refractivity contribution in [1.29, 1.82) is 0 Å².